The van der Waals surface area contributed by atoms with Crippen LogP contribution in [0.3, 0.4) is 0 Å². The molecule has 0 saturated heterocycles. The average Bonchev–Trinajstić information content (AvgIpc) is 2.91. The maximum Gasteiger partial charge on any atom is 0.242 e. The Morgan fingerprint density at radius 3 is 2.21 bits per heavy atom. The largest absolute Gasteiger partial charge is 0.493 e. The number of methoxy groups -OCH3 is 2. The van der Waals surface area contributed by atoms with Crippen molar-refractivity contribution in [3.63, 3.8) is 0 Å². The highest BCUT2D eigenvalue weighted by Crippen LogP contribution is 2.33. The van der Waals surface area contributed by atoms with Crippen LogP contribution >= 0.6 is 0 Å². The van der Waals surface area contributed by atoms with Crippen LogP contribution in [0.2, 0.25) is 0 Å². The molecule has 0 atom stereocenters. The first kappa shape index (κ1) is 16.4. The molecular weight excluding hydrogens is 304 g/mol. The van der Waals surface area contributed by atoms with Gasteiger partial charge >= 0.3 is 0 Å². The van der Waals surface area contributed by atoms with Crippen molar-refractivity contribution in [1.29, 1.82) is 0 Å². The molecule has 128 valence electrons. The fraction of sp³-hybridized carbons (Fsp3) is 0.421. The molecule has 3 rings (SSSR count). The lowest BCUT2D eigenvalue weighted by Gasteiger charge is -2.30. The lowest BCUT2D eigenvalue weighted by atomic mass is 9.98. The molecule has 2 aromatic rings. The predicted octanol–water partition coefficient (Wildman–Crippen LogP) is 2.71. The molecule has 0 N–H and O–H groups in total. The Balaban J connectivity index is 1.78. The number of hydrogen-bond acceptors (Lipinski definition) is 3. The fourth-order valence-electron chi connectivity index (χ4n) is 3.28. The van der Waals surface area contributed by atoms with E-state index < -0.39 is 0 Å². The van der Waals surface area contributed by atoms with Gasteiger partial charge in [-0.15, -0.1) is 0 Å². The minimum Gasteiger partial charge on any atom is -0.493 e. The lowest BCUT2D eigenvalue weighted by molar-refractivity contribution is -0.132. The van der Waals surface area contributed by atoms with Crippen LogP contribution in [-0.4, -0.2) is 36.1 Å². The third-order valence-electron chi connectivity index (χ3n) is 4.78. The summed E-state index contributed by atoms with van der Waals surface area (Å²) in [6, 6.07) is 8.10. The molecule has 1 amide bonds. The molecule has 0 bridgehead atoms. The summed E-state index contributed by atoms with van der Waals surface area (Å²) >= 11 is 0. The first-order valence-corrected chi connectivity index (χ1v) is 8.17. The highest BCUT2D eigenvalue weighted by Gasteiger charge is 2.23. The number of fused-ring (bicyclic) bond motifs is 1. The summed E-state index contributed by atoms with van der Waals surface area (Å²) in [5.74, 6) is 1.61. The molecule has 2 heterocycles. The van der Waals surface area contributed by atoms with Crippen LogP contribution in [0, 0.1) is 13.8 Å². The van der Waals surface area contributed by atoms with Crippen molar-refractivity contribution < 1.29 is 14.3 Å². The van der Waals surface area contributed by atoms with Crippen molar-refractivity contribution in [2.45, 2.75) is 33.4 Å². The van der Waals surface area contributed by atoms with Crippen LogP contribution < -0.4 is 9.47 Å². The highest BCUT2D eigenvalue weighted by atomic mass is 16.5. The van der Waals surface area contributed by atoms with Gasteiger partial charge < -0.3 is 18.9 Å². The van der Waals surface area contributed by atoms with Crippen LogP contribution in [0.15, 0.2) is 24.3 Å². The van der Waals surface area contributed by atoms with E-state index in [0.29, 0.717) is 18.8 Å². The van der Waals surface area contributed by atoms with E-state index >= 15 is 0 Å². The van der Waals surface area contributed by atoms with Crippen molar-refractivity contribution in [3.8, 4) is 11.5 Å². The number of aromatic nitrogens is 1. The Morgan fingerprint density at radius 1 is 1.04 bits per heavy atom. The van der Waals surface area contributed by atoms with E-state index in [4.69, 9.17) is 9.47 Å². The third kappa shape index (κ3) is 2.98. The Morgan fingerprint density at radius 2 is 1.62 bits per heavy atom. The molecular formula is C19H24N2O3. The van der Waals surface area contributed by atoms with Gasteiger partial charge in [-0.05, 0) is 55.7 Å². The lowest BCUT2D eigenvalue weighted by Crippen LogP contribution is -2.38. The first-order chi connectivity index (χ1) is 11.5. The number of hydrogen-bond donors (Lipinski definition) is 0. The molecule has 1 aliphatic rings. The fourth-order valence-corrected chi connectivity index (χ4v) is 3.28. The summed E-state index contributed by atoms with van der Waals surface area (Å²) in [7, 11) is 3.28. The number of rotatable bonds is 4. The second kappa shape index (κ2) is 6.59. The van der Waals surface area contributed by atoms with Crippen molar-refractivity contribution in [3.05, 3.63) is 46.8 Å². The van der Waals surface area contributed by atoms with Crippen LogP contribution in [0.5, 0.6) is 11.5 Å². The van der Waals surface area contributed by atoms with Crippen LogP contribution in [0.4, 0.5) is 0 Å². The molecule has 1 aromatic heterocycles. The van der Waals surface area contributed by atoms with Gasteiger partial charge in [0, 0.05) is 24.5 Å². The van der Waals surface area contributed by atoms with Crippen molar-refractivity contribution in [1.82, 2.24) is 9.47 Å². The van der Waals surface area contributed by atoms with E-state index in [0.717, 1.165) is 35.7 Å². The average molecular weight is 328 g/mol. The van der Waals surface area contributed by atoms with E-state index in [9.17, 15) is 4.79 Å². The number of carbonyl (C=O) groups excluding carboxylic acids is 1. The van der Waals surface area contributed by atoms with Gasteiger partial charge in [0.05, 0.1) is 14.2 Å². The zero-order valence-electron chi connectivity index (χ0n) is 14.8. The maximum absolute atomic E-state index is 12.7. The quantitative estimate of drug-likeness (QED) is 0.867. The Hall–Kier alpha value is -2.43. The van der Waals surface area contributed by atoms with E-state index in [1.165, 1.54) is 5.56 Å². The summed E-state index contributed by atoms with van der Waals surface area (Å²) in [5, 5.41) is 0. The standard InChI is InChI=1S/C19H24N2O3/c1-13-5-6-14(2)21(13)12-19(22)20-8-7-15-9-17(23-3)18(24-4)10-16(15)11-20/h5-6,9-10H,7-8,11-12H2,1-4H3. The van der Waals surface area contributed by atoms with Gasteiger partial charge in [0.1, 0.15) is 6.54 Å². The molecule has 0 aliphatic carbocycles. The second-order valence-electron chi connectivity index (χ2n) is 6.24. The highest BCUT2D eigenvalue weighted by molar-refractivity contribution is 5.76. The zero-order chi connectivity index (χ0) is 17.3. The smallest absolute Gasteiger partial charge is 0.242 e. The summed E-state index contributed by atoms with van der Waals surface area (Å²) < 4.78 is 12.8. The van der Waals surface area contributed by atoms with E-state index in [1.54, 1.807) is 14.2 Å². The number of ether oxygens (including phenoxy) is 2. The van der Waals surface area contributed by atoms with Crippen LogP contribution in [0.1, 0.15) is 22.5 Å². The second-order valence-corrected chi connectivity index (χ2v) is 6.24. The molecule has 0 fully saturated rings. The number of amides is 1. The summed E-state index contributed by atoms with van der Waals surface area (Å²) in [5.41, 5.74) is 4.59. The molecule has 1 aromatic carbocycles. The summed E-state index contributed by atoms with van der Waals surface area (Å²) in [6.45, 7) is 5.81. The normalized spacial score (nSPS) is 13.6. The van der Waals surface area contributed by atoms with Gasteiger partial charge in [-0.3, -0.25) is 4.79 Å². The number of carbonyl (C=O) groups is 1. The molecule has 0 saturated carbocycles. The molecule has 5 nitrogen and oxygen atoms in total. The number of aryl methyl sites for hydroxylation is 2. The third-order valence-corrected chi connectivity index (χ3v) is 4.78. The molecule has 1 aliphatic heterocycles. The van der Waals surface area contributed by atoms with E-state index in [-0.39, 0.29) is 5.91 Å². The molecule has 0 spiro atoms. The maximum atomic E-state index is 12.7. The van der Waals surface area contributed by atoms with Gasteiger partial charge in [0.15, 0.2) is 11.5 Å². The number of benzene rings is 1. The monoisotopic (exact) mass is 328 g/mol. The summed E-state index contributed by atoms with van der Waals surface area (Å²) in [6.07, 6.45) is 0.838. The Kier molecular flexibility index (Phi) is 4.51. The zero-order valence-corrected chi connectivity index (χ0v) is 14.8. The van der Waals surface area contributed by atoms with Gasteiger partial charge in [-0.25, -0.2) is 0 Å². The van der Waals surface area contributed by atoms with Crippen molar-refractivity contribution >= 4 is 5.91 Å². The predicted molar refractivity (Wildman–Crippen MR) is 92.6 cm³/mol. The molecule has 0 radical (unpaired) electrons. The van der Waals surface area contributed by atoms with Gasteiger partial charge in [0.2, 0.25) is 5.91 Å². The molecule has 24 heavy (non-hydrogen) atoms. The van der Waals surface area contributed by atoms with Gasteiger partial charge in [0.25, 0.3) is 0 Å². The van der Waals surface area contributed by atoms with Crippen molar-refractivity contribution in [2.75, 3.05) is 20.8 Å². The van der Waals surface area contributed by atoms with E-state index in [2.05, 4.69) is 4.57 Å². The Labute approximate surface area is 142 Å². The minimum absolute atomic E-state index is 0.151. The topological polar surface area (TPSA) is 43.7 Å². The van der Waals surface area contributed by atoms with E-state index in [1.807, 2.05) is 43.0 Å². The molecule has 5 heteroatoms. The van der Waals surface area contributed by atoms with Crippen LogP contribution in [0.25, 0.3) is 0 Å². The minimum atomic E-state index is 0.151. The number of nitrogens with zero attached hydrogens (tertiary/aromatic N) is 2. The van der Waals surface area contributed by atoms with Crippen molar-refractivity contribution in [2.24, 2.45) is 0 Å². The molecule has 0 unspecified atom stereocenters. The Bertz CT molecular complexity index is 745. The van der Waals surface area contributed by atoms with Crippen LogP contribution in [-0.2, 0) is 24.3 Å². The first-order valence-electron chi connectivity index (χ1n) is 8.17. The SMILES string of the molecule is COc1cc2c(cc1OC)CN(C(=O)Cn1c(C)ccc1C)CC2. The summed E-state index contributed by atoms with van der Waals surface area (Å²) in [4.78, 5) is 14.6. The van der Waals surface area contributed by atoms with Gasteiger partial charge in [-0.2, -0.15) is 0 Å². The van der Waals surface area contributed by atoms with Gasteiger partial charge in [-0.1, -0.05) is 0 Å².